The molecule has 0 amide bonds. The molecule has 1 aromatic heterocycles. The number of thiophene rings is 1. The Morgan fingerprint density at radius 1 is 1.73 bits per heavy atom. The van der Waals surface area contributed by atoms with Crippen LogP contribution in [0.3, 0.4) is 0 Å². The van der Waals surface area contributed by atoms with Crippen molar-refractivity contribution in [2.45, 2.75) is 6.92 Å². The van der Waals surface area contributed by atoms with Crippen molar-refractivity contribution < 1.29 is 14.3 Å². The average Bonchev–Trinajstić information content (AvgIpc) is 2.37. The van der Waals surface area contributed by atoms with Crippen molar-refractivity contribution in [3.63, 3.8) is 0 Å². The Bertz CT molecular complexity index is 277. The highest BCUT2D eigenvalue weighted by molar-refractivity contribution is 7.12. The monoisotopic (exact) mass is 170 g/mol. The summed E-state index contributed by atoms with van der Waals surface area (Å²) in [6.45, 7) is 1.81. The van der Waals surface area contributed by atoms with Gasteiger partial charge < -0.3 is 4.74 Å². The summed E-state index contributed by atoms with van der Waals surface area (Å²) >= 11 is 1.23. The first-order valence-electron chi connectivity index (χ1n) is 2.94. The van der Waals surface area contributed by atoms with Gasteiger partial charge in [0.15, 0.2) is 10.8 Å². The fourth-order valence-corrected chi connectivity index (χ4v) is 1.38. The normalized spacial score (nSPS) is 9.18. The van der Waals surface area contributed by atoms with Crippen LogP contribution in [0.25, 0.3) is 0 Å². The molecule has 0 aliphatic rings. The maximum atomic E-state index is 10.7. The van der Waals surface area contributed by atoms with Gasteiger partial charge in [-0.3, -0.25) is 9.59 Å². The van der Waals surface area contributed by atoms with Crippen LogP contribution in [0.5, 0.6) is 5.06 Å². The van der Waals surface area contributed by atoms with E-state index in [1.807, 2.05) is 0 Å². The second-order valence-electron chi connectivity index (χ2n) is 1.92. The fourth-order valence-electron chi connectivity index (χ4n) is 0.610. The molecule has 0 aliphatic carbocycles. The Labute approximate surface area is 67.6 Å². The van der Waals surface area contributed by atoms with Gasteiger partial charge in [-0.05, 0) is 6.92 Å². The first kappa shape index (κ1) is 7.94. The predicted octanol–water partition coefficient (Wildman–Crippen LogP) is 1.49. The van der Waals surface area contributed by atoms with Gasteiger partial charge in [0, 0.05) is 17.0 Å². The highest BCUT2D eigenvalue weighted by Gasteiger charge is 2.03. The van der Waals surface area contributed by atoms with Gasteiger partial charge in [0.2, 0.25) is 0 Å². The van der Waals surface area contributed by atoms with E-state index in [4.69, 9.17) is 0 Å². The van der Waals surface area contributed by atoms with E-state index in [-0.39, 0.29) is 5.78 Å². The van der Waals surface area contributed by atoms with E-state index in [1.54, 1.807) is 11.4 Å². The first-order valence-corrected chi connectivity index (χ1v) is 3.82. The minimum Gasteiger partial charge on any atom is -0.418 e. The van der Waals surface area contributed by atoms with Crippen LogP contribution in [-0.2, 0) is 4.79 Å². The van der Waals surface area contributed by atoms with E-state index in [2.05, 4.69) is 4.74 Å². The number of carbonyl (C=O) groups is 2. The Morgan fingerprint density at radius 2 is 2.45 bits per heavy atom. The Morgan fingerprint density at radius 3 is 2.91 bits per heavy atom. The van der Waals surface area contributed by atoms with Crippen LogP contribution in [0.1, 0.15) is 17.3 Å². The number of hydrogen-bond acceptors (Lipinski definition) is 4. The smallest absolute Gasteiger partial charge is 0.299 e. The molecule has 0 aliphatic heterocycles. The second kappa shape index (κ2) is 3.30. The molecule has 0 N–H and O–H groups in total. The van der Waals surface area contributed by atoms with Crippen LogP contribution < -0.4 is 4.74 Å². The number of Topliss-reactive ketones (excluding diaryl/α,β-unsaturated/α-hetero) is 1. The minimum absolute atomic E-state index is 0.0259. The molecule has 1 aromatic rings. The molecule has 0 radical (unpaired) electrons. The van der Waals surface area contributed by atoms with Crippen molar-refractivity contribution in [2.75, 3.05) is 0 Å². The third kappa shape index (κ3) is 1.88. The van der Waals surface area contributed by atoms with E-state index in [9.17, 15) is 9.59 Å². The zero-order valence-electron chi connectivity index (χ0n) is 5.87. The standard InChI is InChI=1S/C7H6O3S/c1-5(9)6-2-7(10-4-8)11-3-6/h2-4H,1H3. The van der Waals surface area contributed by atoms with E-state index < -0.39 is 0 Å². The maximum absolute atomic E-state index is 10.7. The van der Waals surface area contributed by atoms with Crippen molar-refractivity contribution in [3.05, 3.63) is 17.0 Å². The Hall–Kier alpha value is -1.16. The van der Waals surface area contributed by atoms with Crippen molar-refractivity contribution in [1.29, 1.82) is 0 Å². The van der Waals surface area contributed by atoms with Crippen LogP contribution in [-0.4, -0.2) is 12.3 Å². The van der Waals surface area contributed by atoms with Gasteiger partial charge in [0.25, 0.3) is 6.47 Å². The molecular weight excluding hydrogens is 164 g/mol. The summed E-state index contributed by atoms with van der Waals surface area (Å²) in [6, 6.07) is 1.54. The molecule has 0 spiro atoms. The zero-order chi connectivity index (χ0) is 8.27. The molecule has 0 bridgehead atoms. The minimum atomic E-state index is -0.0259. The zero-order valence-corrected chi connectivity index (χ0v) is 6.68. The number of ketones is 1. The summed E-state index contributed by atoms with van der Waals surface area (Å²) in [7, 11) is 0. The van der Waals surface area contributed by atoms with Crippen molar-refractivity contribution in [2.24, 2.45) is 0 Å². The average molecular weight is 170 g/mol. The van der Waals surface area contributed by atoms with E-state index >= 15 is 0 Å². The maximum Gasteiger partial charge on any atom is 0.299 e. The summed E-state index contributed by atoms with van der Waals surface area (Å²) in [6.07, 6.45) is 0. The molecule has 0 fully saturated rings. The van der Waals surface area contributed by atoms with Crippen molar-refractivity contribution in [3.8, 4) is 5.06 Å². The summed E-state index contributed by atoms with van der Waals surface area (Å²) < 4.78 is 4.52. The van der Waals surface area contributed by atoms with Crippen LogP contribution >= 0.6 is 11.3 Å². The van der Waals surface area contributed by atoms with Crippen molar-refractivity contribution in [1.82, 2.24) is 0 Å². The number of carbonyl (C=O) groups excluding carboxylic acids is 2. The van der Waals surface area contributed by atoms with Gasteiger partial charge >= 0.3 is 0 Å². The molecule has 0 aromatic carbocycles. The molecule has 58 valence electrons. The largest absolute Gasteiger partial charge is 0.418 e. The van der Waals surface area contributed by atoms with Gasteiger partial charge in [-0.2, -0.15) is 0 Å². The lowest BCUT2D eigenvalue weighted by atomic mass is 10.2. The molecule has 0 saturated heterocycles. The number of hydrogen-bond donors (Lipinski definition) is 0. The lowest BCUT2D eigenvalue weighted by Gasteiger charge is -1.86. The molecule has 1 rings (SSSR count). The summed E-state index contributed by atoms with van der Waals surface area (Å²) in [5.41, 5.74) is 0.576. The quantitative estimate of drug-likeness (QED) is 0.509. The molecule has 3 nitrogen and oxygen atoms in total. The topological polar surface area (TPSA) is 43.4 Å². The van der Waals surface area contributed by atoms with Gasteiger partial charge in [0.1, 0.15) is 0 Å². The fraction of sp³-hybridized carbons (Fsp3) is 0.143. The second-order valence-corrected chi connectivity index (χ2v) is 2.80. The Kier molecular flexibility index (Phi) is 2.38. The summed E-state index contributed by atoms with van der Waals surface area (Å²) in [5, 5.41) is 2.10. The highest BCUT2D eigenvalue weighted by Crippen LogP contribution is 2.22. The summed E-state index contributed by atoms with van der Waals surface area (Å²) in [4.78, 5) is 20.6. The van der Waals surface area contributed by atoms with E-state index in [0.29, 0.717) is 17.1 Å². The van der Waals surface area contributed by atoms with Gasteiger partial charge in [0.05, 0.1) is 0 Å². The molecule has 0 saturated carbocycles. The molecule has 4 heteroatoms. The first-order chi connectivity index (χ1) is 5.24. The lowest BCUT2D eigenvalue weighted by molar-refractivity contribution is -0.120. The predicted molar refractivity (Wildman–Crippen MR) is 41.0 cm³/mol. The van der Waals surface area contributed by atoms with Crippen LogP contribution in [0.2, 0.25) is 0 Å². The van der Waals surface area contributed by atoms with Crippen molar-refractivity contribution >= 4 is 23.6 Å². The Balaban J connectivity index is 2.81. The highest BCUT2D eigenvalue weighted by atomic mass is 32.1. The third-order valence-electron chi connectivity index (χ3n) is 1.15. The third-order valence-corrected chi connectivity index (χ3v) is 1.96. The van der Waals surface area contributed by atoms with Crippen LogP contribution in [0.4, 0.5) is 0 Å². The van der Waals surface area contributed by atoms with Crippen LogP contribution in [0.15, 0.2) is 11.4 Å². The van der Waals surface area contributed by atoms with E-state index in [1.165, 1.54) is 18.3 Å². The SMILES string of the molecule is CC(=O)c1csc(OC=O)c1. The molecule has 0 unspecified atom stereocenters. The molecule has 0 atom stereocenters. The lowest BCUT2D eigenvalue weighted by Crippen LogP contribution is -1.87. The number of ether oxygens (including phenoxy) is 1. The molecule has 1 heterocycles. The van der Waals surface area contributed by atoms with E-state index in [0.717, 1.165) is 0 Å². The van der Waals surface area contributed by atoms with Crippen LogP contribution in [0, 0.1) is 0 Å². The summed E-state index contributed by atoms with van der Waals surface area (Å²) in [5.74, 6) is -0.0259. The molecular formula is C7H6O3S. The van der Waals surface area contributed by atoms with Gasteiger partial charge in [-0.1, -0.05) is 0 Å². The molecule has 11 heavy (non-hydrogen) atoms. The number of rotatable bonds is 3. The van der Waals surface area contributed by atoms with Gasteiger partial charge in [-0.25, -0.2) is 0 Å². The van der Waals surface area contributed by atoms with Gasteiger partial charge in [-0.15, -0.1) is 11.3 Å².